The number of halogens is 1. The van der Waals surface area contributed by atoms with Crippen molar-refractivity contribution in [2.75, 3.05) is 16.2 Å². The predicted molar refractivity (Wildman–Crippen MR) is 121 cm³/mol. The van der Waals surface area contributed by atoms with Crippen LogP contribution in [0.2, 0.25) is 5.02 Å². The van der Waals surface area contributed by atoms with Gasteiger partial charge in [0.05, 0.1) is 17.1 Å². The van der Waals surface area contributed by atoms with E-state index in [2.05, 4.69) is 5.32 Å². The number of amides is 1. The van der Waals surface area contributed by atoms with Gasteiger partial charge in [0.2, 0.25) is 0 Å². The molecule has 1 aliphatic rings. The fourth-order valence-electron chi connectivity index (χ4n) is 3.48. The number of benzene rings is 3. The van der Waals surface area contributed by atoms with Crippen molar-refractivity contribution in [1.29, 1.82) is 0 Å². The smallest absolute Gasteiger partial charge is 0.267 e. The van der Waals surface area contributed by atoms with E-state index in [1.54, 1.807) is 30.3 Å². The fraction of sp³-hybridized carbons (Fsp3) is 0.174. The molecule has 8 heteroatoms. The van der Waals surface area contributed by atoms with Gasteiger partial charge in [-0.25, -0.2) is 8.42 Å². The number of anilines is 2. The van der Waals surface area contributed by atoms with Crippen LogP contribution in [0.25, 0.3) is 0 Å². The van der Waals surface area contributed by atoms with Gasteiger partial charge >= 0.3 is 0 Å². The number of fused-ring (bicyclic) bond motifs is 1. The Kier molecular flexibility index (Phi) is 5.64. The number of hydrogen-bond donors (Lipinski definition) is 1. The van der Waals surface area contributed by atoms with Crippen molar-refractivity contribution in [3.05, 3.63) is 82.9 Å². The van der Waals surface area contributed by atoms with Crippen LogP contribution in [0.5, 0.6) is 5.75 Å². The van der Waals surface area contributed by atoms with E-state index in [0.29, 0.717) is 16.4 Å². The Morgan fingerprint density at radius 1 is 1.06 bits per heavy atom. The van der Waals surface area contributed by atoms with Gasteiger partial charge in [-0.2, -0.15) is 0 Å². The largest absolute Gasteiger partial charge is 0.476 e. The molecular weight excluding hydrogens is 436 g/mol. The summed E-state index contributed by atoms with van der Waals surface area (Å²) in [6.07, 6.45) is -1.03. The molecule has 0 aromatic heterocycles. The van der Waals surface area contributed by atoms with Crippen LogP contribution < -0.4 is 14.4 Å². The second-order valence-corrected chi connectivity index (χ2v) is 9.67. The molecule has 1 heterocycles. The molecule has 0 saturated heterocycles. The molecule has 1 N–H and O–H groups in total. The molecule has 1 aliphatic heterocycles. The van der Waals surface area contributed by atoms with Crippen molar-refractivity contribution < 1.29 is 17.9 Å². The van der Waals surface area contributed by atoms with E-state index in [1.807, 2.05) is 32.0 Å². The zero-order valence-corrected chi connectivity index (χ0v) is 18.6. The van der Waals surface area contributed by atoms with E-state index in [1.165, 1.54) is 22.5 Å². The molecule has 0 aliphatic carbocycles. The van der Waals surface area contributed by atoms with Gasteiger partial charge in [0.1, 0.15) is 5.75 Å². The summed E-state index contributed by atoms with van der Waals surface area (Å²) in [6.45, 7) is 3.69. The zero-order chi connectivity index (χ0) is 22.2. The van der Waals surface area contributed by atoms with Crippen LogP contribution in [0.3, 0.4) is 0 Å². The van der Waals surface area contributed by atoms with E-state index in [0.717, 1.165) is 11.1 Å². The summed E-state index contributed by atoms with van der Waals surface area (Å²) in [4.78, 5) is 13.1. The normalized spacial score (nSPS) is 15.7. The topological polar surface area (TPSA) is 75.7 Å². The number of carbonyl (C=O) groups excluding carboxylic acids is 1. The molecule has 6 nitrogen and oxygen atoms in total. The lowest BCUT2D eigenvalue weighted by Gasteiger charge is -2.35. The monoisotopic (exact) mass is 456 g/mol. The number of aryl methyl sites for hydroxylation is 2. The highest BCUT2D eigenvalue weighted by molar-refractivity contribution is 7.92. The lowest BCUT2D eigenvalue weighted by molar-refractivity contribution is -0.122. The molecule has 0 spiro atoms. The Morgan fingerprint density at radius 3 is 2.52 bits per heavy atom. The van der Waals surface area contributed by atoms with Crippen LogP contribution in [0.1, 0.15) is 11.1 Å². The van der Waals surface area contributed by atoms with Gasteiger partial charge in [-0.1, -0.05) is 47.5 Å². The zero-order valence-electron chi connectivity index (χ0n) is 17.0. The summed E-state index contributed by atoms with van der Waals surface area (Å²) in [7, 11) is -3.93. The van der Waals surface area contributed by atoms with E-state index in [9.17, 15) is 13.2 Å². The summed E-state index contributed by atoms with van der Waals surface area (Å²) < 4.78 is 33.8. The second kappa shape index (κ2) is 8.24. The van der Waals surface area contributed by atoms with Crippen LogP contribution in [0.15, 0.2) is 71.6 Å². The maximum atomic E-state index is 13.4. The van der Waals surface area contributed by atoms with Crippen molar-refractivity contribution in [2.24, 2.45) is 0 Å². The third-order valence-electron chi connectivity index (χ3n) is 5.05. The Balaban J connectivity index is 1.69. The van der Waals surface area contributed by atoms with E-state index < -0.39 is 22.0 Å². The third kappa shape index (κ3) is 4.24. The average Bonchev–Trinajstić information content (AvgIpc) is 2.75. The number of sulfonamides is 1. The number of ether oxygens (including phenoxy) is 1. The number of hydrogen-bond acceptors (Lipinski definition) is 4. The lowest BCUT2D eigenvalue weighted by Crippen LogP contribution is -2.48. The molecule has 1 atom stereocenters. The third-order valence-corrected chi connectivity index (χ3v) is 7.08. The van der Waals surface area contributed by atoms with E-state index in [4.69, 9.17) is 16.3 Å². The number of rotatable bonds is 4. The molecule has 0 unspecified atom stereocenters. The molecule has 0 fully saturated rings. The highest BCUT2D eigenvalue weighted by atomic mass is 35.5. The first kappa shape index (κ1) is 21.2. The predicted octanol–water partition coefficient (Wildman–Crippen LogP) is 4.55. The molecule has 0 bridgehead atoms. The molecule has 4 rings (SSSR count). The first-order valence-corrected chi connectivity index (χ1v) is 11.5. The van der Waals surface area contributed by atoms with Gasteiger partial charge in [-0.3, -0.25) is 9.10 Å². The molecular formula is C23H21ClN2O4S. The van der Waals surface area contributed by atoms with Gasteiger partial charge in [0.15, 0.2) is 6.10 Å². The quantitative estimate of drug-likeness (QED) is 0.624. The summed E-state index contributed by atoms with van der Waals surface area (Å²) in [5.41, 5.74) is 2.94. The van der Waals surface area contributed by atoms with Crippen molar-refractivity contribution in [3.8, 4) is 5.75 Å². The minimum Gasteiger partial charge on any atom is -0.476 e. The van der Waals surface area contributed by atoms with Crippen LogP contribution in [-0.4, -0.2) is 27.0 Å². The van der Waals surface area contributed by atoms with Crippen LogP contribution >= 0.6 is 11.6 Å². The highest BCUT2D eigenvalue weighted by Crippen LogP contribution is 2.39. The molecule has 1 amide bonds. The molecule has 31 heavy (non-hydrogen) atoms. The van der Waals surface area contributed by atoms with Crippen LogP contribution in [0.4, 0.5) is 11.4 Å². The minimum atomic E-state index is -3.93. The Labute approximate surface area is 186 Å². The maximum Gasteiger partial charge on any atom is 0.267 e. The standard InChI is InChI=1S/C23H21ClN2O4S/c1-15-8-10-19(16(2)12-15)25-23(27)22-14-26(20-13-17(24)9-11-21(20)30-22)31(28,29)18-6-4-3-5-7-18/h3-13,22H,14H2,1-2H3,(H,25,27)/t22-/m1/s1. The van der Waals surface area contributed by atoms with Crippen LogP contribution in [-0.2, 0) is 14.8 Å². The van der Waals surface area contributed by atoms with Crippen molar-refractivity contribution in [3.63, 3.8) is 0 Å². The Hall–Kier alpha value is -3.03. The lowest BCUT2D eigenvalue weighted by atomic mass is 10.1. The summed E-state index contributed by atoms with van der Waals surface area (Å²) in [6, 6.07) is 18.4. The highest BCUT2D eigenvalue weighted by Gasteiger charge is 2.37. The second-order valence-electron chi connectivity index (χ2n) is 7.38. The van der Waals surface area contributed by atoms with Crippen molar-refractivity contribution in [2.45, 2.75) is 24.8 Å². The van der Waals surface area contributed by atoms with Gasteiger partial charge < -0.3 is 10.1 Å². The van der Waals surface area contributed by atoms with E-state index in [-0.39, 0.29) is 17.2 Å². The first-order valence-electron chi connectivity index (χ1n) is 9.68. The average molecular weight is 457 g/mol. The van der Waals surface area contributed by atoms with Crippen LogP contribution in [0, 0.1) is 13.8 Å². The van der Waals surface area contributed by atoms with Crippen molar-refractivity contribution in [1.82, 2.24) is 0 Å². The molecule has 160 valence electrons. The Morgan fingerprint density at radius 2 is 1.81 bits per heavy atom. The summed E-state index contributed by atoms with van der Waals surface area (Å²) in [5.74, 6) is -0.156. The summed E-state index contributed by atoms with van der Waals surface area (Å²) in [5, 5.41) is 3.22. The number of nitrogens with one attached hydrogen (secondary N) is 1. The first-order chi connectivity index (χ1) is 14.8. The number of nitrogens with zero attached hydrogens (tertiary/aromatic N) is 1. The Bertz CT molecular complexity index is 1250. The van der Waals surface area contributed by atoms with Gasteiger partial charge in [0, 0.05) is 10.7 Å². The van der Waals surface area contributed by atoms with Crippen molar-refractivity contribution >= 4 is 38.9 Å². The molecule has 0 saturated carbocycles. The molecule has 3 aromatic carbocycles. The van der Waals surface area contributed by atoms with E-state index >= 15 is 0 Å². The number of carbonyl (C=O) groups is 1. The van der Waals surface area contributed by atoms with Gasteiger partial charge in [-0.15, -0.1) is 0 Å². The molecule has 0 radical (unpaired) electrons. The fourth-order valence-corrected chi connectivity index (χ4v) is 5.13. The SMILES string of the molecule is Cc1ccc(NC(=O)[C@H]2CN(S(=O)(=O)c3ccccc3)c3cc(Cl)ccc3O2)c(C)c1. The maximum absolute atomic E-state index is 13.4. The minimum absolute atomic E-state index is 0.122. The van der Waals surface area contributed by atoms with Gasteiger partial charge in [-0.05, 0) is 55.8 Å². The molecule has 3 aromatic rings. The summed E-state index contributed by atoms with van der Waals surface area (Å²) >= 11 is 6.12. The van der Waals surface area contributed by atoms with Gasteiger partial charge in [0.25, 0.3) is 15.9 Å².